The minimum Gasteiger partial charge on any atom is -0.481 e. The van der Waals surface area contributed by atoms with Gasteiger partial charge in [0.1, 0.15) is 5.56 Å². The summed E-state index contributed by atoms with van der Waals surface area (Å²) in [6.45, 7) is 0. The van der Waals surface area contributed by atoms with Crippen molar-refractivity contribution in [3.8, 4) is 0 Å². The van der Waals surface area contributed by atoms with Crippen LogP contribution >= 0.6 is 0 Å². The summed E-state index contributed by atoms with van der Waals surface area (Å²) in [7, 11) is 0. The van der Waals surface area contributed by atoms with Crippen LogP contribution < -0.4 is 0 Å². The van der Waals surface area contributed by atoms with E-state index in [2.05, 4.69) is 0 Å². The number of nitro benzene ring substituents is 2. The third kappa shape index (κ3) is 3.92. The minimum absolute atomic E-state index is 0.124. The number of hydrogen-bond acceptors (Lipinski definition) is 5. The van der Waals surface area contributed by atoms with E-state index in [1.165, 1.54) is 6.07 Å². The van der Waals surface area contributed by atoms with Gasteiger partial charge >= 0.3 is 5.97 Å². The Morgan fingerprint density at radius 1 is 0.917 bits per heavy atom. The molecule has 8 nitrogen and oxygen atoms in total. The maximum absolute atomic E-state index is 11.5. The highest BCUT2D eigenvalue weighted by molar-refractivity contribution is 5.72. The number of carboxylic acid groups (broad SMARTS) is 1. The lowest BCUT2D eigenvalue weighted by atomic mass is 9.91. The fourth-order valence-electron chi connectivity index (χ4n) is 2.51. The van der Waals surface area contributed by atoms with Gasteiger partial charge in [-0.25, -0.2) is 0 Å². The highest BCUT2D eigenvalue weighted by Gasteiger charge is 2.29. The largest absolute Gasteiger partial charge is 0.481 e. The van der Waals surface area contributed by atoms with Gasteiger partial charge in [0, 0.05) is 12.1 Å². The Bertz CT molecular complexity index is 743. The maximum Gasteiger partial charge on any atom is 0.307 e. The Hall–Kier alpha value is -3.29. The number of benzene rings is 2. The standard InChI is InChI=1S/C16H14N2O6/c19-16(20)12(9-11-5-2-1-3-6-11)10-13-14(17(21)22)7-4-8-15(13)18(23)24/h1-8,12H,9-10H2,(H,19,20). The van der Waals surface area contributed by atoms with Crippen molar-refractivity contribution in [2.75, 3.05) is 0 Å². The molecule has 24 heavy (non-hydrogen) atoms. The zero-order valence-electron chi connectivity index (χ0n) is 12.5. The van der Waals surface area contributed by atoms with Crippen LogP contribution in [-0.2, 0) is 17.6 Å². The van der Waals surface area contributed by atoms with Crippen molar-refractivity contribution in [3.05, 3.63) is 79.9 Å². The van der Waals surface area contributed by atoms with Crippen LogP contribution in [0.15, 0.2) is 48.5 Å². The topological polar surface area (TPSA) is 124 Å². The molecule has 0 aliphatic rings. The second-order valence-corrected chi connectivity index (χ2v) is 5.22. The molecule has 1 N–H and O–H groups in total. The first-order valence-corrected chi connectivity index (χ1v) is 7.07. The molecule has 0 saturated carbocycles. The Morgan fingerprint density at radius 2 is 1.46 bits per heavy atom. The monoisotopic (exact) mass is 330 g/mol. The summed E-state index contributed by atoms with van der Waals surface area (Å²) in [5.74, 6) is -2.17. The Labute approximate surface area is 136 Å². The molecule has 0 saturated heterocycles. The van der Waals surface area contributed by atoms with E-state index < -0.39 is 33.1 Å². The second kappa shape index (κ2) is 7.32. The number of carbonyl (C=O) groups is 1. The Kier molecular flexibility index (Phi) is 5.20. The molecule has 0 spiro atoms. The minimum atomic E-state index is -1.16. The molecule has 1 atom stereocenters. The van der Waals surface area contributed by atoms with Crippen LogP contribution in [0, 0.1) is 26.1 Å². The molecule has 0 bridgehead atoms. The molecule has 124 valence electrons. The van der Waals surface area contributed by atoms with Crippen molar-refractivity contribution in [1.82, 2.24) is 0 Å². The molecule has 2 aromatic carbocycles. The summed E-state index contributed by atoms with van der Waals surface area (Å²) in [5.41, 5.74) is -0.311. The Balaban J connectivity index is 2.40. The average Bonchev–Trinajstić information content (AvgIpc) is 2.54. The summed E-state index contributed by atoms with van der Waals surface area (Å²) < 4.78 is 0. The molecule has 0 fully saturated rings. The van der Waals surface area contributed by atoms with E-state index in [1.54, 1.807) is 30.3 Å². The zero-order chi connectivity index (χ0) is 17.7. The van der Waals surface area contributed by atoms with E-state index in [0.29, 0.717) is 0 Å². The lowest BCUT2D eigenvalue weighted by Gasteiger charge is -2.13. The number of aliphatic carboxylic acids is 1. The van der Waals surface area contributed by atoms with Gasteiger partial charge in [-0.3, -0.25) is 25.0 Å². The predicted molar refractivity (Wildman–Crippen MR) is 84.7 cm³/mol. The summed E-state index contributed by atoms with van der Waals surface area (Å²) in [6, 6.07) is 12.3. The maximum atomic E-state index is 11.5. The highest BCUT2D eigenvalue weighted by atomic mass is 16.6. The average molecular weight is 330 g/mol. The quantitative estimate of drug-likeness (QED) is 0.614. The first kappa shape index (κ1) is 17.1. The fraction of sp³-hybridized carbons (Fsp3) is 0.188. The van der Waals surface area contributed by atoms with Gasteiger partial charge < -0.3 is 5.11 Å². The first-order chi connectivity index (χ1) is 11.4. The van der Waals surface area contributed by atoms with E-state index in [1.807, 2.05) is 0 Å². The second-order valence-electron chi connectivity index (χ2n) is 5.22. The van der Waals surface area contributed by atoms with Crippen LogP contribution in [0.5, 0.6) is 0 Å². The van der Waals surface area contributed by atoms with Crippen molar-refractivity contribution < 1.29 is 19.7 Å². The van der Waals surface area contributed by atoms with Gasteiger partial charge in [-0.2, -0.15) is 0 Å². The van der Waals surface area contributed by atoms with Gasteiger partial charge in [0.25, 0.3) is 11.4 Å². The van der Waals surface area contributed by atoms with Gasteiger partial charge in [0.15, 0.2) is 0 Å². The van der Waals surface area contributed by atoms with E-state index in [0.717, 1.165) is 17.7 Å². The molecule has 0 aliphatic heterocycles. The van der Waals surface area contributed by atoms with Crippen molar-refractivity contribution in [2.24, 2.45) is 5.92 Å². The van der Waals surface area contributed by atoms with Crippen LogP contribution in [0.4, 0.5) is 11.4 Å². The number of carboxylic acids is 1. The van der Waals surface area contributed by atoms with Crippen LogP contribution in [0.1, 0.15) is 11.1 Å². The van der Waals surface area contributed by atoms with Gasteiger partial charge in [0.05, 0.1) is 15.8 Å². The van der Waals surface area contributed by atoms with Gasteiger partial charge in [-0.1, -0.05) is 30.3 Å². The van der Waals surface area contributed by atoms with Gasteiger partial charge in [0.2, 0.25) is 0 Å². The molecular weight excluding hydrogens is 316 g/mol. The molecule has 1 unspecified atom stereocenters. The van der Waals surface area contributed by atoms with Gasteiger partial charge in [-0.05, 0) is 24.5 Å². The summed E-state index contributed by atoms with van der Waals surface area (Å²) in [6.07, 6.45) is -0.170. The molecule has 2 aromatic rings. The van der Waals surface area contributed by atoms with Crippen molar-refractivity contribution >= 4 is 17.3 Å². The van der Waals surface area contributed by atoms with Crippen LogP contribution in [-0.4, -0.2) is 20.9 Å². The number of hydrogen-bond donors (Lipinski definition) is 1. The summed E-state index contributed by atoms with van der Waals surface area (Å²) in [5, 5.41) is 31.7. The molecule has 0 amide bonds. The molecule has 0 radical (unpaired) electrons. The SMILES string of the molecule is O=C(O)C(Cc1ccccc1)Cc1c([N+](=O)[O-])cccc1[N+](=O)[O-]. The normalized spacial score (nSPS) is 11.7. The third-order valence-electron chi connectivity index (χ3n) is 3.64. The number of rotatable bonds is 7. The van der Waals surface area contributed by atoms with Crippen molar-refractivity contribution in [3.63, 3.8) is 0 Å². The lowest BCUT2D eigenvalue weighted by molar-refractivity contribution is -0.395. The Morgan fingerprint density at radius 3 is 1.92 bits per heavy atom. The van der Waals surface area contributed by atoms with Crippen LogP contribution in [0.25, 0.3) is 0 Å². The van der Waals surface area contributed by atoms with Crippen molar-refractivity contribution in [1.29, 1.82) is 0 Å². The summed E-state index contributed by atoms with van der Waals surface area (Å²) >= 11 is 0. The van der Waals surface area contributed by atoms with E-state index in [9.17, 15) is 30.1 Å². The lowest BCUT2D eigenvalue weighted by Crippen LogP contribution is -2.20. The summed E-state index contributed by atoms with van der Waals surface area (Å²) in [4.78, 5) is 32.3. The van der Waals surface area contributed by atoms with Crippen LogP contribution in [0.2, 0.25) is 0 Å². The van der Waals surface area contributed by atoms with Gasteiger partial charge in [-0.15, -0.1) is 0 Å². The zero-order valence-corrected chi connectivity index (χ0v) is 12.5. The van der Waals surface area contributed by atoms with E-state index >= 15 is 0 Å². The first-order valence-electron chi connectivity index (χ1n) is 7.07. The molecule has 2 rings (SSSR count). The third-order valence-corrected chi connectivity index (χ3v) is 3.64. The highest BCUT2D eigenvalue weighted by Crippen LogP contribution is 2.31. The molecule has 0 aromatic heterocycles. The fourth-order valence-corrected chi connectivity index (χ4v) is 2.51. The van der Waals surface area contributed by atoms with Crippen LogP contribution in [0.3, 0.4) is 0 Å². The van der Waals surface area contributed by atoms with Crippen molar-refractivity contribution in [2.45, 2.75) is 12.8 Å². The molecule has 0 aliphatic carbocycles. The number of nitrogens with zero attached hydrogens (tertiary/aromatic N) is 2. The van der Waals surface area contributed by atoms with E-state index in [4.69, 9.17) is 0 Å². The molecular formula is C16H14N2O6. The number of nitro groups is 2. The molecule has 8 heteroatoms. The van der Waals surface area contributed by atoms with E-state index in [-0.39, 0.29) is 18.4 Å². The smallest absolute Gasteiger partial charge is 0.307 e. The molecule has 0 heterocycles. The predicted octanol–water partition coefficient (Wildman–Crippen LogP) is 2.99.